The second kappa shape index (κ2) is 5.44. The van der Waals surface area contributed by atoms with Gasteiger partial charge in [-0.1, -0.05) is 0 Å². The van der Waals surface area contributed by atoms with Crippen molar-refractivity contribution in [3.05, 3.63) is 27.9 Å². The highest BCUT2D eigenvalue weighted by atomic mass is 16.6. The van der Waals surface area contributed by atoms with E-state index < -0.39 is 4.92 Å². The van der Waals surface area contributed by atoms with Crippen LogP contribution >= 0.6 is 0 Å². The first kappa shape index (κ1) is 13.9. The molecule has 1 amide bonds. The Kier molecular flexibility index (Phi) is 4.19. The molecule has 0 aliphatic rings. The minimum absolute atomic E-state index is 0.00435. The highest BCUT2D eigenvalue weighted by molar-refractivity contribution is 5.99. The number of carbonyl (C=O) groups is 1. The fourth-order valence-electron chi connectivity index (χ4n) is 1.63. The van der Waals surface area contributed by atoms with Gasteiger partial charge in [-0.3, -0.25) is 14.9 Å². The topological polar surface area (TPSA) is 102 Å². The number of rotatable bonds is 4. The predicted octanol–water partition coefficient (Wildman–Crippen LogP) is 1.44. The van der Waals surface area contributed by atoms with Gasteiger partial charge in [0.1, 0.15) is 12.0 Å². The lowest BCUT2D eigenvalue weighted by atomic mass is 10.2. The Morgan fingerprint density at radius 3 is 2.67 bits per heavy atom. The molecule has 0 aliphatic carbocycles. The summed E-state index contributed by atoms with van der Waals surface area (Å²) in [7, 11) is 0. The van der Waals surface area contributed by atoms with E-state index in [1.807, 2.05) is 20.8 Å². The Hall–Kier alpha value is -2.18. The molecule has 0 aromatic carbocycles. The number of pyridine rings is 1. The van der Waals surface area contributed by atoms with Gasteiger partial charge < -0.3 is 10.6 Å². The number of anilines is 1. The van der Waals surface area contributed by atoms with E-state index in [0.717, 1.165) is 12.3 Å². The zero-order chi connectivity index (χ0) is 13.9. The number of hydrogen-bond donors (Lipinski definition) is 1. The molecule has 7 heteroatoms. The molecule has 2 N–H and O–H groups in total. The zero-order valence-corrected chi connectivity index (χ0v) is 10.6. The predicted molar refractivity (Wildman–Crippen MR) is 67.2 cm³/mol. The molecule has 0 atom stereocenters. The molecular weight excluding hydrogens is 236 g/mol. The molecule has 0 unspecified atom stereocenters. The Labute approximate surface area is 105 Å². The van der Waals surface area contributed by atoms with Gasteiger partial charge in [0.15, 0.2) is 0 Å². The first-order chi connectivity index (χ1) is 8.38. The Balaban J connectivity index is 3.19. The molecule has 1 heterocycles. The second-order valence-corrected chi connectivity index (χ2v) is 4.07. The van der Waals surface area contributed by atoms with Crippen LogP contribution in [0.2, 0.25) is 0 Å². The van der Waals surface area contributed by atoms with E-state index in [1.165, 1.54) is 0 Å². The maximum Gasteiger partial charge on any atom is 0.288 e. The molecule has 98 valence electrons. The summed E-state index contributed by atoms with van der Waals surface area (Å²) in [6.07, 6.45) is 1.04. The normalized spacial score (nSPS) is 10.4. The summed E-state index contributed by atoms with van der Waals surface area (Å²) in [4.78, 5) is 27.5. The van der Waals surface area contributed by atoms with Crippen LogP contribution in [0.25, 0.3) is 0 Å². The molecule has 1 aromatic heterocycles. The van der Waals surface area contributed by atoms with E-state index in [2.05, 4.69) is 4.98 Å². The Morgan fingerprint density at radius 2 is 2.22 bits per heavy atom. The summed E-state index contributed by atoms with van der Waals surface area (Å²) in [5, 5.41) is 10.7. The van der Waals surface area contributed by atoms with Crippen LogP contribution in [0.5, 0.6) is 0 Å². The fraction of sp³-hybridized carbons (Fsp3) is 0.455. The van der Waals surface area contributed by atoms with Crippen molar-refractivity contribution >= 4 is 17.4 Å². The largest absolute Gasteiger partial charge is 0.383 e. The van der Waals surface area contributed by atoms with Crippen molar-refractivity contribution < 1.29 is 9.72 Å². The lowest BCUT2D eigenvalue weighted by Gasteiger charge is -2.25. The van der Waals surface area contributed by atoms with Crippen LogP contribution in [0.15, 0.2) is 12.3 Å². The van der Waals surface area contributed by atoms with E-state index in [1.54, 1.807) is 4.90 Å². The molecule has 0 aliphatic heterocycles. The molecule has 0 saturated heterocycles. The van der Waals surface area contributed by atoms with Gasteiger partial charge in [0.25, 0.3) is 11.6 Å². The molecule has 1 aromatic rings. The van der Waals surface area contributed by atoms with E-state index in [-0.39, 0.29) is 29.0 Å². The van der Waals surface area contributed by atoms with Crippen molar-refractivity contribution in [3.63, 3.8) is 0 Å². The molecule has 7 nitrogen and oxygen atoms in total. The Morgan fingerprint density at radius 1 is 1.61 bits per heavy atom. The maximum atomic E-state index is 12.2. The monoisotopic (exact) mass is 252 g/mol. The summed E-state index contributed by atoms with van der Waals surface area (Å²) >= 11 is 0. The number of carbonyl (C=O) groups excluding carboxylic acids is 1. The number of nitrogen functional groups attached to an aromatic ring is 1. The minimum Gasteiger partial charge on any atom is -0.383 e. The van der Waals surface area contributed by atoms with E-state index in [4.69, 9.17) is 5.73 Å². The van der Waals surface area contributed by atoms with E-state index >= 15 is 0 Å². The van der Waals surface area contributed by atoms with Gasteiger partial charge >= 0.3 is 0 Å². The molecular formula is C11H16N4O3. The molecule has 1 rings (SSSR count). The van der Waals surface area contributed by atoms with Gasteiger partial charge in [-0.05, 0) is 20.8 Å². The highest BCUT2D eigenvalue weighted by Gasteiger charge is 2.22. The van der Waals surface area contributed by atoms with Crippen LogP contribution in [0, 0.1) is 10.1 Å². The van der Waals surface area contributed by atoms with Crippen molar-refractivity contribution in [1.82, 2.24) is 9.88 Å². The van der Waals surface area contributed by atoms with Gasteiger partial charge in [-0.15, -0.1) is 0 Å². The second-order valence-electron chi connectivity index (χ2n) is 4.07. The fourth-order valence-corrected chi connectivity index (χ4v) is 1.63. The lowest BCUT2D eigenvalue weighted by Crippen LogP contribution is -2.37. The van der Waals surface area contributed by atoms with Gasteiger partial charge in [0.05, 0.1) is 10.5 Å². The maximum absolute atomic E-state index is 12.2. The molecule has 18 heavy (non-hydrogen) atoms. The van der Waals surface area contributed by atoms with Crippen LogP contribution in [0.4, 0.5) is 11.5 Å². The van der Waals surface area contributed by atoms with Crippen LogP contribution in [0.1, 0.15) is 31.1 Å². The van der Waals surface area contributed by atoms with Gasteiger partial charge in [0.2, 0.25) is 0 Å². The van der Waals surface area contributed by atoms with Gasteiger partial charge in [0, 0.05) is 18.7 Å². The zero-order valence-electron chi connectivity index (χ0n) is 10.6. The van der Waals surface area contributed by atoms with Gasteiger partial charge in [-0.25, -0.2) is 4.98 Å². The third-order valence-electron chi connectivity index (χ3n) is 2.57. The first-order valence-corrected chi connectivity index (χ1v) is 5.59. The number of aromatic nitrogens is 1. The van der Waals surface area contributed by atoms with Crippen molar-refractivity contribution in [2.75, 3.05) is 12.3 Å². The summed E-state index contributed by atoms with van der Waals surface area (Å²) in [5.41, 5.74) is 5.43. The third-order valence-corrected chi connectivity index (χ3v) is 2.57. The van der Waals surface area contributed by atoms with Crippen molar-refractivity contribution in [1.29, 1.82) is 0 Å². The van der Waals surface area contributed by atoms with Crippen LogP contribution in [-0.4, -0.2) is 33.3 Å². The van der Waals surface area contributed by atoms with Crippen LogP contribution in [-0.2, 0) is 0 Å². The third kappa shape index (κ3) is 2.73. The van der Waals surface area contributed by atoms with Crippen molar-refractivity contribution in [2.24, 2.45) is 0 Å². The number of nitro groups is 1. The molecule has 0 radical (unpaired) electrons. The van der Waals surface area contributed by atoms with Crippen LogP contribution < -0.4 is 5.73 Å². The molecule has 0 bridgehead atoms. The molecule has 0 fully saturated rings. The van der Waals surface area contributed by atoms with Crippen LogP contribution in [0.3, 0.4) is 0 Å². The Bertz CT molecular complexity index is 473. The molecule has 0 spiro atoms. The van der Waals surface area contributed by atoms with Crippen molar-refractivity contribution in [3.8, 4) is 0 Å². The highest BCUT2D eigenvalue weighted by Crippen LogP contribution is 2.19. The standard InChI is InChI=1S/C11H16N4O3/c1-4-14(7(2)3)11(16)9-5-8(15(17)18)6-13-10(9)12/h5-7H,4H2,1-3H3,(H2,12,13). The number of hydrogen-bond acceptors (Lipinski definition) is 5. The summed E-state index contributed by atoms with van der Waals surface area (Å²) in [6.45, 7) is 6.06. The summed E-state index contributed by atoms with van der Waals surface area (Å²) < 4.78 is 0. The summed E-state index contributed by atoms with van der Waals surface area (Å²) in [5.74, 6) is -0.342. The average molecular weight is 252 g/mol. The van der Waals surface area contributed by atoms with Gasteiger partial charge in [-0.2, -0.15) is 0 Å². The minimum atomic E-state index is -0.602. The summed E-state index contributed by atoms with van der Waals surface area (Å²) in [6, 6.07) is 1.15. The number of nitrogens with two attached hydrogens (primary N) is 1. The number of amides is 1. The smallest absolute Gasteiger partial charge is 0.288 e. The number of nitrogens with zero attached hydrogens (tertiary/aromatic N) is 3. The van der Waals surface area contributed by atoms with E-state index in [0.29, 0.717) is 6.54 Å². The van der Waals surface area contributed by atoms with E-state index in [9.17, 15) is 14.9 Å². The average Bonchev–Trinajstić information content (AvgIpc) is 2.29. The molecule has 0 saturated carbocycles. The lowest BCUT2D eigenvalue weighted by molar-refractivity contribution is -0.385. The van der Waals surface area contributed by atoms with Crippen molar-refractivity contribution in [2.45, 2.75) is 26.8 Å². The SMILES string of the molecule is CCN(C(=O)c1cc([N+](=O)[O-])cnc1N)C(C)C. The first-order valence-electron chi connectivity index (χ1n) is 5.59. The quantitative estimate of drug-likeness (QED) is 0.645.